The third-order valence-electron chi connectivity index (χ3n) is 4.67. The highest BCUT2D eigenvalue weighted by Gasteiger charge is 2.21. The number of rotatable bonds is 5. The Hall–Kier alpha value is -0.770. The van der Waals surface area contributed by atoms with Gasteiger partial charge in [0.15, 0.2) is 0 Å². The molecule has 1 heterocycles. The lowest BCUT2D eigenvalue weighted by Gasteiger charge is -2.28. The first kappa shape index (κ1) is 20.3. The second kappa shape index (κ2) is 8.91. The van der Waals surface area contributed by atoms with Crippen molar-refractivity contribution in [1.29, 1.82) is 0 Å². The smallest absolute Gasteiger partial charge is 0.137 e. The van der Waals surface area contributed by atoms with E-state index in [0.717, 1.165) is 18.2 Å². The van der Waals surface area contributed by atoms with Gasteiger partial charge in [0.1, 0.15) is 25.0 Å². The molecule has 2 N–H and O–H groups in total. The molecule has 1 atom stereocenters. The van der Waals surface area contributed by atoms with Crippen LogP contribution in [-0.4, -0.2) is 37.5 Å². The van der Waals surface area contributed by atoms with Gasteiger partial charge in [-0.05, 0) is 41.9 Å². The van der Waals surface area contributed by atoms with Crippen molar-refractivity contribution in [2.45, 2.75) is 52.1 Å². The Kier molecular flexibility index (Phi) is 7.85. The Balaban J connectivity index is 0.00000264. The van der Waals surface area contributed by atoms with Crippen molar-refractivity contribution in [3.63, 3.8) is 0 Å². The Morgan fingerprint density at radius 1 is 1.17 bits per heavy atom. The molecule has 1 unspecified atom stereocenters. The summed E-state index contributed by atoms with van der Waals surface area (Å²) in [5.74, 6) is 1.69. The molecular weight excluding hydrogens is 310 g/mol. The van der Waals surface area contributed by atoms with Crippen LogP contribution in [0.15, 0.2) is 24.3 Å². The summed E-state index contributed by atoms with van der Waals surface area (Å²) in [5.41, 5.74) is 1.46. The zero-order valence-electron chi connectivity index (χ0n) is 14.9. The van der Waals surface area contributed by atoms with Gasteiger partial charge in [-0.1, -0.05) is 39.8 Å². The van der Waals surface area contributed by atoms with Crippen LogP contribution in [0.4, 0.5) is 0 Å². The van der Waals surface area contributed by atoms with Gasteiger partial charge in [-0.2, -0.15) is 0 Å². The number of halogens is 1. The minimum absolute atomic E-state index is 0. The Bertz CT molecular complexity index is 447. The molecule has 23 heavy (non-hydrogen) atoms. The van der Waals surface area contributed by atoms with Gasteiger partial charge >= 0.3 is 0 Å². The summed E-state index contributed by atoms with van der Waals surface area (Å²) in [7, 11) is 0. The van der Waals surface area contributed by atoms with E-state index in [9.17, 15) is 5.11 Å². The van der Waals surface area contributed by atoms with Crippen LogP contribution in [0.3, 0.4) is 0 Å². The second-order valence-electron chi connectivity index (χ2n) is 7.88. The van der Waals surface area contributed by atoms with Crippen molar-refractivity contribution in [2.24, 2.45) is 5.92 Å². The predicted molar refractivity (Wildman–Crippen MR) is 90.6 cm³/mol. The van der Waals surface area contributed by atoms with E-state index in [1.54, 1.807) is 0 Å². The predicted octanol–water partition coefficient (Wildman–Crippen LogP) is -0.957. The number of hydrogen-bond acceptors (Lipinski definition) is 2. The highest BCUT2D eigenvalue weighted by molar-refractivity contribution is 5.31. The maximum Gasteiger partial charge on any atom is 0.137 e. The SMILES string of the molecule is CC1CC[NH+](CC(O)COc2ccc(C(C)(C)C)cc2)CC1.[Cl-]. The minimum Gasteiger partial charge on any atom is -1.00 e. The summed E-state index contributed by atoms with van der Waals surface area (Å²) >= 11 is 0. The Morgan fingerprint density at radius 2 is 1.74 bits per heavy atom. The largest absolute Gasteiger partial charge is 1.00 e. The van der Waals surface area contributed by atoms with Gasteiger partial charge in [-0.3, -0.25) is 0 Å². The molecule has 0 saturated carbocycles. The van der Waals surface area contributed by atoms with Gasteiger partial charge in [0.2, 0.25) is 0 Å². The molecule has 1 aromatic carbocycles. The van der Waals surface area contributed by atoms with Gasteiger partial charge < -0.3 is 27.2 Å². The highest BCUT2D eigenvalue weighted by Crippen LogP contribution is 2.24. The number of aliphatic hydroxyl groups excluding tert-OH is 1. The number of aliphatic hydroxyl groups is 1. The van der Waals surface area contributed by atoms with E-state index in [2.05, 4.69) is 39.8 Å². The van der Waals surface area contributed by atoms with Gasteiger partial charge in [0.25, 0.3) is 0 Å². The molecule has 0 aliphatic carbocycles. The van der Waals surface area contributed by atoms with E-state index in [1.165, 1.54) is 36.4 Å². The quantitative estimate of drug-likeness (QED) is 0.723. The van der Waals surface area contributed by atoms with Crippen LogP contribution >= 0.6 is 0 Å². The van der Waals surface area contributed by atoms with Crippen molar-refractivity contribution in [1.82, 2.24) is 0 Å². The number of ether oxygens (including phenoxy) is 1. The monoisotopic (exact) mass is 341 g/mol. The molecule has 1 saturated heterocycles. The van der Waals surface area contributed by atoms with Crippen molar-refractivity contribution >= 4 is 0 Å². The molecule has 0 bridgehead atoms. The summed E-state index contributed by atoms with van der Waals surface area (Å²) in [6, 6.07) is 8.23. The zero-order chi connectivity index (χ0) is 16.2. The van der Waals surface area contributed by atoms with Crippen molar-refractivity contribution in [3.8, 4) is 5.75 Å². The molecule has 4 heteroatoms. The zero-order valence-corrected chi connectivity index (χ0v) is 15.7. The van der Waals surface area contributed by atoms with Gasteiger partial charge in [0, 0.05) is 0 Å². The molecule has 1 aromatic rings. The second-order valence-corrected chi connectivity index (χ2v) is 7.88. The maximum atomic E-state index is 10.2. The van der Waals surface area contributed by atoms with Crippen molar-refractivity contribution < 1.29 is 27.2 Å². The summed E-state index contributed by atoms with van der Waals surface area (Å²) in [6.07, 6.45) is 2.17. The molecule has 0 aromatic heterocycles. The third-order valence-corrected chi connectivity index (χ3v) is 4.67. The van der Waals surface area contributed by atoms with Crippen LogP contribution < -0.4 is 22.0 Å². The topological polar surface area (TPSA) is 33.9 Å². The Labute approximate surface area is 147 Å². The fourth-order valence-corrected chi connectivity index (χ4v) is 3.01. The van der Waals surface area contributed by atoms with Crippen LogP contribution in [0.5, 0.6) is 5.75 Å². The lowest BCUT2D eigenvalue weighted by Crippen LogP contribution is -3.14. The number of benzene rings is 1. The van der Waals surface area contributed by atoms with Crippen LogP contribution in [0.25, 0.3) is 0 Å². The number of likely N-dealkylation sites (tertiary alicyclic amines) is 1. The lowest BCUT2D eigenvalue weighted by molar-refractivity contribution is -0.909. The van der Waals surface area contributed by atoms with Crippen LogP contribution in [0.1, 0.15) is 46.1 Å². The summed E-state index contributed by atoms with van der Waals surface area (Å²) in [5, 5.41) is 10.2. The lowest BCUT2D eigenvalue weighted by atomic mass is 9.87. The summed E-state index contributed by atoms with van der Waals surface area (Å²) in [4.78, 5) is 1.51. The number of hydrogen-bond donors (Lipinski definition) is 2. The third kappa shape index (κ3) is 6.70. The van der Waals surface area contributed by atoms with E-state index in [-0.39, 0.29) is 23.9 Å². The van der Waals surface area contributed by atoms with Gasteiger partial charge in [-0.15, -0.1) is 0 Å². The normalized spacial score (nSPS) is 23.0. The molecule has 0 spiro atoms. The van der Waals surface area contributed by atoms with Gasteiger partial charge in [0.05, 0.1) is 13.1 Å². The minimum atomic E-state index is -0.384. The van der Waals surface area contributed by atoms with Crippen molar-refractivity contribution in [2.75, 3.05) is 26.2 Å². The van der Waals surface area contributed by atoms with E-state index in [0.29, 0.717) is 6.61 Å². The van der Waals surface area contributed by atoms with Gasteiger partial charge in [-0.25, -0.2) is 0 Å². The molecular formula is C19H32ClNO2. The first-order chi connectivity index (χ1) is 10.3. The fraction of sp³-hybridized carbons (Fsp3) is 0.684. The van der Waals surface area contributed by atoms with Crippen LogP contribution in [0, 0.1) is 5.92 Å². The number of piperidine rings is 1. The van der Waals surface area contributed by atoms with Crippen LogP contribution in [-0.2, 0) is 5.41 Å². The molecule has 1 aliphatic rings. The fourth-order valence-electron chi connectivity index (χ4n) is 3.01. The number of nitrogens with one attached hydrogen (secondary N) is 1. The summed E-state index contributed by atoms with van der Waals surface area (Å²) in [6.45, 7) is 12.5. The first-order valence-corrected chi connectivity index (χ1v) is 8.59. The average Bonchev–Trinajstić information content (AvgIpc) is 2.47. The molecule has 0 amide bonds. The van der Waals surface area contributed by atoms with E-state index >= 15 is 0 Å². The highest BCUT2D eigenvalue weighted by atomic mass is 35.5. The molecule has 132 valence electrons. The maximum absolute atomic E-state index is 10.2. The van der Waals surface area contributed by atoms with Crippen molar-refractivity contribution in [3.05, 3.63) is 29.8 Å². The molecule has 2 rings (SSSR count). The molecule has 3 nitrogen and oxygen atoms in total. The number of quaternary nitrogens is 1. The van der Waals surface area contributed by atoms with E-state index in [4.69, 9.17) is 4.74 Å². The first-order valence-electron chi connectivity index (χ1n) is 8.59. The molecule has 1 fully saturated rings. The van der Waals surface area contributed by atoms with E-state index < -0.39 is 0 Å². The Morgan fingerprint density at radius 3 is 2.26 bits per heavy atom. The standard InChI is InChI=1S/C19H31NO2.ClH/c1-15-9-11-20(12-10-15)13-17(21)14-22-18-7-5-16(6-8-18)19(2,3)4;/h5-8,15,17,21H,9-14H2,1-4H3;1H. The molecule has 0 radical (unpaired) electrons. The average molecular weight is 342 g/mol. The molecule has 1 aliphatic heterocycles. The van der Waals surface area contributed by atoms with Crippen LogP contribution in [0.2, 0.25) is 0 Å². The van der Waals surface area contributed by atoms with E-state index in [1.807, 2.05) is 12.1 Å². The summed E-state index contributed by atoms with van der Waals surface area (Å²) < 4.78 is 5.73.